The molecule has 2 atom stereocenters. The van der Waals surface area contributed by atoms with Crippen molar-refractivity contribution in [3.8, 4) is 0 Å². The smallest absolute Gasteiger partial charge is 0.0920 e. The number of aliphatic hydroxyl groups is 2. The lowest BCUT2D eigenvalue weighted by Gasteiger charge is -2.14. The Morgan fingerprint density at radius 2 is 1.86 bits per heavy atom. The van der Waals surface area contributed by atoms with Crippen LogP contribution < -0.4 is 5.32 Å². The molecule has 0 aliphatic rings. The number of nitrogens with one attached hydrogen (secondary N) is 1. The van der Waals surface area contributed by atoms with Gasteiger partial charge in [-0.1, -0.05) is 30.3 Å². The van der Waals surface area contributed by atoms with Gasteiger partial charge in [-0.2, -0.15) is 0 Å². The highest BCUT2D eigenvalue weighted by Gasteiger charge is 2.09. The molecule has 0 amide bonds. The molecule has 0 aromatic heterocycles. The second-order valence-corrected chi connectivity index (χ2v) is 3.42. The van der Waals surface area contributed by atoms with Crippen molar-refractivity contribution in [3.63, 3.8) is 0 Å². The molecule has 1 rings (SSSR count). The van der Waals surface area contributed by atoms with Crippen molar-refractivity contribution in [2.45, 2.75) is 25.7 Å². The molecule has 78 valence electrons. The Balaban J connectivity index is 2.22. The summed E-state index contributed by atoms with van der Waals surface area (Å²) < 4.78 is 0. The average molecular weight is 195 g/mol. The first-order chi connectivity index (χ1) is 6.70. The summed E-state index contributed by atoms with van der Waals surface area (Å²) in [6.45, 7) is 2.70. The first-order valence-electron chi connectivity index (χ1n) is 4.81. The molecule has 0 unspecified atom stereocenters. The maximum Gasteiger partial charge on any atom is 0.0920 e. The van der Waals surface area contributed by atoms with E-state index in [-0.39, 0.29) is 0 Å². The van der Waals surface area contributed by atoms with Crippen LogP contribution in [0.4, 0.5) is 0 Å². The quantitative estimate of drug-likeness (QED) is 0.642. The Morgan fingerprint density at radius 1 is 1.21 bits per heavy atom. The van der Waals surface area contributed by atoms with Gasteiger partial charge in [0, 0.05) is 13.1 Å². The monoisotopic (exact) mass is 195 g/mol. The maximum absolute atomic E-state index is 9.29. The van der Waals surface area contributed by atoms with Crippen LogP contribution in [0.2, 0.25) is 0 Å². The van der Waals surface area contributed by atoms with Gasteiger partial charge in [0.25, 0.3) is 0 Å². The number of rotatable bonds is 5. The molecule has 3 heteroatoms. The summed E-state index contributed by atoms with van der Waals surface area (Å²) in [4.78, 5) is 0. The fourth-order valence-corrected chi connectivity index (χ4v) is 1.13. The van der Waals surface area contributed by atoms with E-state index in [1.807, 2.05) is 30.3 Å². The summed E-state index contributed by atoms with van der Waals surface area (Å²) in [5.74, 6) is 0. The topological polar surface area (TPSA) is 52.5 Å². The molecule has 1 aromatic carbocycles. The molecule has 0 heterocycles. The molecule has 0 fully saturated rings. The molecular formula is C11H17NO2. The zero-order valence-corrected chi connectivity index (χ0v) is 8.35. The zero-order valence-electron chi connectivity index (χ0n) is 8.35. The zero-order chi connectivity index (χ0) is 10.4. The van der Waals surface area contributed by atoms with E-state index >= 15 is 0 Å². The van der Waals surface area contributed by atoms with Crippen molar-refractivity contribution in [1.29, 1.82) is 0 Å². The van der Waals surface area contributed by atoms with E-state index in [4.69, 9.17) is 5.11 Å². The van der Waals surface area contributed by atoms with Gasteiger partial charge in [-0.15, -0.1) is 0 Å². The molecule has 0 bridgehead atoms. The van der Waals surface area contributed by atoms with E-state index in [0.29, 0.717) is 13.1 Å². The van der Waals surface area contributed by atoms with Crippen LogP contribution in [0.5, 0.6) is 0 Å². The van der Waals surface area contributed by atoms with Crippen LogP contribution in [0, 0.1) is 0 Å². The molecule has 3 nitrogen and oxygen atoms in total. The molecule has 14 heavy (non-hydrogen) atoms. The Labute approximate surface area is 84.4 Å². The lowest BCUT2D eigenvalue weighted by atomic mass is 10.2. The Morgan fingerprint density at radius 3 is 2.43 bits per heavy atom. The van der Waals surface area contributed by atoms with Gasteiger partial charge >= 0.3 is 0 Å². The number of aliphatic hydroxyl groups excluding tert-OH is 2. The number of hydrogen-bond donors (Lipinski definition) is 3. The SMILES string of the molecule is C[C@@H](O)[C@H](O)CNCc1ccccc1. The van der Waals surface area contributed by atoms with Crippen molar-refractivity contribution in [2.75, 3.05) is 6.54 Å². The molecule has 1 aromatic rings. The third-order valence-corrected chi connectivity index (χ3v) is 2.08. The van der Waals surface area contributed by atoms with Gasteiger partial charge in [0.05, 0.1) is 12.2 Å². The minimum atomic E-state index is -0.696. The van der Waals surface area contributed by atoms with Crippen molar-refractivity contribution in [2.24, 2.45) is 0 Å². The van der Waals surface area contributed by atoms with E-state index in [9.17, 15) is 5.11 Å². The normalized spacial score (nSPS) is 15.1. The van der Waals surface area contributed by atoms with E-state index < -0.39 is 12.2 Å². The van der Waals surface area contributed by atoms with Crippen molar-refractivity contribution in [3.05, 3.63) is 35.9 Å². The van der Waals surface area contributed by atoms with Gasteiger partial charge in [-0.05, 0) is 12.5 Å². The van der Waals surface area contributed by atoms with Crippen molar-refractivity contribution < 1.29 is 10.2 Å². The summed E-state index contributed by atoms with van der Waals surface area (Å²) in [5.41, 5.74) is 1.17. The van der Waals surface area contributed by atoms with E-state index in [1.165, 1.54) is 5.56 Å². The largest absolute Gasteiger partial charge is 0.391 e. The van der Waals surface area contributed by atoms with Crippen LogP contribution in [0.3, 0.4) is 0 Å². The lowest BCUT2D eigenvalue weighted by molar-refractivity contribution is 0.0318. The van der Waals surface area contributed by atoms with Crippen LogP contribution in [-0.4, -0.2) is 29.0 Å². The minimum absolute atomic E-state index is 0.409. The highest BCUT2D eigenvalue weighted by Crippen LogP contribution is 1.97. The highest BCUT2D eigenvalue weighted by molar-refractivity contribution is 5.14. The molecule has 0 aliphatic carbocycles. The summed E-state index contributed by atoms with van der Waals surface area (Å²) in [5, 5.41) is 21.4. The minimum Gasteiger partial charge on any atom is -0.391 e. The van der Waals surface area contributed by atoms with Crippen LogP contribution >= 0.6 is 0 Å². The van der Waals surface area contributed by atoms with Crippen LogP contribution in [0.1, 0.15) is 12.5 Å². The van der Waals surface area contributed by atoms with Gasteiger partial charge < -0.3 is 15.5 Å². The summed E-state index contributed by atoms with van der Waals surface area (Å²) in [7, 11) is 0. The van der Waals surface area contributed by atoms with Crippen molar-refractivity contribution in [1.82, 2.24) is 5.32 Å². The van der Waals surface area contributed by atoms with Crippen LogP contribution in [-0.2, 0) is 6.54 Å². The van der Waals surface area contributed by atoms with Gasteiger partial charge in [0.1, 0.15) is 0 Å². The van der Waals surface area contributed by atoms with Gasteiger partial charge in [-0.25, -0.2) is 0 Å². The number of hydrogen-bond acceptors (Lipinski definition) is 3. The van der Waals surface area contributed by atoms with Gasteiger partial charge in [-0.3, -0.25) is 0 Å². The molecule has 0 saturated heterocycles. The third-order valence-electron chi connectivity index (χ3n) is 2.08. The first kappa shape index (κ1) is 11.2. The summed E-state index contributed by atoms with van der Waals surface area (Å²) in [6, 6.07) is 9.95. The second-order valence-electron chi connectivity index (χ2n) is 3.42. The van der Waals surface area contributed by atoms with Crippen molar-refractivity contribution >= 4 is 0 Å². The summed E-state index contributed by atoms with van der Waals surface area (Å²) in [6.07, 6.45) is -1.38. The third kappa shape index (κ3) is 3.87. The Kier molecular flexibility index (Phi) is 4.59. The lowest BCUT2D eigenvalue weighted by Crippen LogP contribution is -2.34. The molecule has 0 radical (unpaired) electrons. The fourth-order valence-electron chi connectivity index (χ4n) is 1.13. The van der Waals surface area contributed by atoms with E-state index in [1.54, 1.807) is 6.92 Å². The molecular weight excluding hydrogens is 178 g/mol. The first-order valence-corrected chi connectivity index (χ1v) is 4.81. The van der Waals surface area contributed by atoms with Crippen LogP contribution in [0.25, 0.3) is 0 Å². The molecule has 0 saturated carbocycles. The maximum atomic E-state index is 9.29. The standard InChI is InChI=1S/C11H17NO2/c1-9(13)11(14)8-12-7-10-5-3-2-4-6-10/h2-6,9,11-14H,7-8H2,1H3/t9-,11-/m1/s1. The predicted octanol–water partition coefficient (Wildman–Crippen LogP) is 0.518. The Hall–Kier alpha value is -0.900. The van der Waals surface area contributed by atoms with Gasteiger partial charge in [0.15, 0.2) is 0 Å². The fraction of sp³-hybridized carbons (Fsp3) is 0.455. The average Bonchev–Trinajstić information content (AvgIpc) is 2.19. The summed E-state index contributed by atoms with van der Waals surface area (Å²) >= 11 is 0. The second kappa shape index (κ2) is 5.75. The Bertz CT molecular complexity index is 249. The molecule has 0 spiro atoms. The van der Waals surface area contributed by atoms with E-state index in [0.717, 1.165) is 0 Å². The van der Waals surface area contributed by atoms with Gasteiger partial charge in [0.2, 0.25) is 0 Å². The van der Waals surface area contributed by atoms with Crippen LogP contribution in [0.15, 0.2) is 30.3 Å². The highest BCUT2D eigenvalue weighted by atomic mass is 16.3. The molecule has 0 aliphatic heterocycles. The number of benzene rings is 1. The molecule has 3 N–H and O–H groups in total. The predicted molar refractivity (Wildman–Crippen MR) is 55.8 cm³/mol. The van der Waals surface area contributed by atoms with E-state index in [2.05, 4.69) is 5.32 Å².